The van der Waals surface area contributed by atoms with Crippen LogP contribution < -0.4 is 21.7 Å². The molecule has 1 aromatic heterocycles. The smallest absolute Gasteiger partial charge is 0.328 e. The number of rotatable bonds is 14. The zero-order valence-corrected chi connectivity index (χ0v) is 18.6. The van der Waals surface area contributed by atoms with Crippen molar-refractivity contribution in [2.45, 2.75) is 37.0 Å². The average Bonchev–Trinajstić information content (AvgIpc) is 3.26. The molecule has 0 spiro atoms. The maximum Gasteiger partial charge on any atom is 0.328 e. The number of carboxylic acid groups (broad SMARTS) is 1. The van der Waals surface area contributed by atoms with E-state index in [0.29, 0.717) is 11.4 Å². The maximum absolute atomic E-state index is 12.9. The van der Waals surface area contributed by atoms with Gasteiger partial charge in [0.1, 0.15) is 18.1 Å². The van der Waals surface area contributed by atoms with Gasteiger partial charge in [-0.05, 0) is 18.4 Å². The van der Waals surface area contributed by atoms with Gasteiger partial charge in [0, 0.05) is 24.1 Å². The molecule has 174 valence electrons. The summed E-state index contributed by atoms with van der Waals surface area (Å²) in [5.41, 5.74) is 6.16. The lowest BCUT2D eigenvalue weighted by atomic mass is 10.1. The highest BCUT2D eigenvalue weighted by molar-refractivity contribution is 7.98. The Balaban J connectivity index is 2.98. The van der Waals surface area contributed by atoms with Crippen molar-refractivity contribution in [2.75, 3.05) is 24.4 Å². The van der Waals surface area contributed by atoms with Crippen molar-refractivity contribution in [2.24, 2.45) is 5.73 Å². The Labute approximate surface area is 188 Å². The number of aliphatic carboxylic acids is 1. The first-order valence-corrected chi connectivity index (χ1v) is 11.3. The van der Waals surface area contributed by atoms with Gasteiger partial charge in [-0.15, -0.1) is 0 Å². The second-order valence-corrected chi connectivity index (χ2v) is 7.91. The Morgan fingerprint density at radius 2 is 1.77 bits per heavy atom. The Bertz CT molecular complexity index is 735. The third-order valence-electron chi connectivity index (χ3n) is 4.19. The summed E-state index contributed by atoms with van der Waals surface area (Å²) in [6, 6.07) is -4.59. The molecule has 31 heavy (non-hydrogen) atoms. The number of amides is 3. The number of thiol groups is 1. The number of aliphatic hydroxyl groups excluding tert-OH is 1. The fraction of sp³-hybridized carbons (Fsp3) is 0.588. The second-order valence-electron chi connectivity index (χ2n) is 6.56. The molecule has 0 saturated heterocycles. The molecule has 1 aromatic rings. The van der Waals surface area contributed by atoms with Crippen molar-refractivity contribution in [3.8, 4) is 0 Å². The molecule has 1 rings (SSSR count). The van der Waals surface area contributed by atoms with Crippen molar-refractivity contribution >= 4 is 48.1 Å². The molecule has 0 aliphatic rings. The number of carbonyl (C=O) groups is 4. The molecule has 8 N–H and O–H groups in total. The van der Waals surface area contributed by atoms with Gasteiger partial charge in [0.15, 0.2) is 0 Å². The van der Waals surface area contributed by atoms with E-state index in [0.717, 1.165) is 0 Å². The van der Waals surface area contributed by atoms with Crippen LogP contribution in [-0.2, 0) is 25.6 Å². The molecule has 0 aromatic carbocycles. The normalized spacial score (nSPS) is 14.7. The molecule has 12 nitrogen and oxygen atoms in total. The molecule has 1 heterocycles. The first-order chi connectivity index (χ1) is 14.7. The van der Waals surface area contributed by atoms with Gasteiger partial charge in [0.25, 0.3) is 0 Å². The van der Waals surface area contributed by atoms with Crippen LogP contribution in [-0.4, -0.2) is 92.4 Å². The van der Waals surface area contributed by atoms with Crippen molar-refractivity contribution in [3.63, 3.8) is 0 Å². The van der Waals surface area contributed by atoms with Gasteiger partial charge in [0.2, 0.25) is 17.7 Å². The number of hydrogen-bond acceptors (Lipinski definition) is 9. The third-order valence-corrected chi connectivity index (χ3v) is 5.22. The van der Waals surface area contributed by atoms with E-state index >= 15 is 0 Å². The summed E-state index contributed by atoms with van der Waals surface area (Å²) in [5, 5.41) is 25.5. The Kier molecular flexibility index (Phi) is 12.0. The number of aromatic nitrogens is 2. The van der Waals surface area contributed by atoms with E-state index in [1.165, 1.54) is 24.3 Å². The standard InChI is InChI=1S/C17H28N6O6S2/c1-31-3-2-11(21-14(25)10(18)7-30)15(26)22-12(4-9-5-19-8-20-9)16(27)23-13(6-24)17(28)29/h5,8,10-13,24,30H,2-4,6-7,18H2,1H3,(H,19,20)(H,21,25)(H,22,26)(H,23,27)(H,28,29). The van der Waals surface area contributed by atoms with Crippen LogP contribution in [0, 0.1) is 0 Å². The molecule has 0 bridgehead atoms. The van der Waals surface area contributed by atoms with E-state index in [1.54, 1.807) is 0 Å². The van der Waals surface area contributed by atoms with Crippen LogP contribution in [0.5, 0.6) is 0 Å². The highest BCUT2D eigenvalue weighted by atomic mass is 32.2. The van der Waals surface area contributed by atoms with Crippen molar-refractivity contribution in [1.82, 2.24) is 25.9 Å². The van der Waals surface area contributed by atoms with Crippen LogP contribution >= 0.6 is 24.4 Å². The molecular formula is C17H28N6O6S2. The van der Waals surface area contributed by atoms with Crippen LogP contribution in [0.3, 0.4) is 0 Å². The number of thioether (sulfide) groups is 1. The minimum absolute atomic E-state index is 0.0192. The predicted molar refractivity (Wildman–Crippen MR) is 118 cm³/mol. The number of imidazole rings is 1. The van der Waals surface area contributed by atoms with Crippen LogP contribution in [0.25, 0.3) is 0 Å². The summed E-state index contributed by atoms with van der Waals surface area (Å²) in [6.07, 6.45) is 4.94. The molecule has 14 heteroatoms. The first-order valence-electron chi connectivity index (χ1n) is 9.30. The van der Waals surface area contributed by atoms with E-state index in [4.69, 9.17) is 15.9 Å². The van der Waals surface area contributed by atoms with E-state index in [9.17, 15) is 19.2 Å². The van der Waals surface area contributed by atoms with Gasteiger partial charge in [-0.2, -0.15) is 24.4 Å². The van der Waals surface area contributed by atoms with Crippen LogP contribution in [0.15, 0.2) is 12.5 Å². The number of carboxylic acids is 1. The molecular weight excluding hydrogens is 448 g/mol. The number of H-pyrrole nitrogens is 1. The minimum atomic E-state index is -1.53. The highest BCUT2D eigenvalue weighted by Gasteiger charge is 2.30. The molecule has 4 atom stereocenters. The zero-order chi connectivity index (χ0) is 23.4. The zero-order valence-electron chi connectivity index (χ0n) is 16.9. The summed E-state index contributed by atoms with van der Waals surface area (Å²) in [7, 11) is 0. The van der Waals surface area contributed by atoms with E-state index in [-0.39, 0.29) is 18.6 Å². The number of nitrogens with one attached hydrogen (secondary N) is 4. The third kappa shape index (κ3) is 9.16. The topological polar surface area (TPSA) is 200 Å². The average molecular weight is 477 g/mol. The number of aliphatic hydroxyl groups is 1. The largest absolute Gasteiger partial charge is 0.480 e. The van der Waals surface area contributed by atoms with Crippen molar-refractivity contribution in [1.29, 1.82) is 0 Å². The first kappa shape index (κ1) is 26.7. The number of nitrogens with two attached hydrogens (primary N) is 1. The van der Waals surface area contributed by atoms with Gasteiger partial charge in [-0.25, -0.2) is 9.78 Å². The molecule has 3 amide bonds. The fourth-order valence-corrected chi connectivity index (χ4v) is 3.06. The van der Waals surface area contributed by atoms with Crippen LogP contribution in [0.1, 0.15) is 12.1 Å². The summed E-state index contributed by atoms with van der Waals surface area (Å²) in [4.78, 5) is 55.4. The number of aromatic amines is 1. The van der Waals surface area contributed by atoms with Gasteiger partial charge in [-0.3, -0.25) is 14.4 Å². The summed E-state index contributed by atoms with van der Waals surface area (Å²) in [5.74, 6) is -2.79. The quantitative estimate of drug-likeness (QED) is 0.134. The van der Waals surface area contributed by atoms with Gasteiger partial charge >= 0.3 is 5.97 Å². The van der Waals surface area contributed by atoms with E-state index in [2.05, 4.69) is 38.5 Å². The predicted octanol–water partition coefficient (Wildman–Crippen LogP) is -2.51. The maximum atomic E-state index is 12.9. The van der Waals surface area contributed by atoms with E-state index in [1.807, 2.05) is 6.26 Å². The lowest BCUT2D eigenvalue weighted by Gasteiger charge is -2.24. The van der Waals surface area contributed by atoms with Crippen LogP contribution in [0.4, 0.5) is 0 Å². The fourth-order valence-electron chi connectivity index (χ4n) is 2.42. The molecule has 0 radical (unpaired) electrons. The molecule has 4 unspecified atom stereocenters. The number of nitrogens with zero attached hydrogens (tertiary/aromatic N) is 1. The Hall–Kier alpha value is -2.29. The summed E-state index contributed by atoms with van der Waals surface area (Å²) < 4.78 is 0. The summed E-state index contributed by atoms with van der Waals surface area (Å²) >= 11 is 5.44. The minimum Gasteiger partial charge on any atom is -0.480 e. The molecule has 0 saturated carbocycles. The molecule has 0 aliphatic carbocycles. The highest BCUT2D eigenvalue weighted by Crippen LogP contribution is 2.05. The monoisotopic (exact) mass is 476 g/mol. The van der Waals surface area contributed by atoms with Crippen molar-refractivity contribution in [3.05, 3.63) is 18.2 Å². The Morgan fingerprint density at radius 3 is 2.29 bits per heavy atom. The van der Waals surface area contributed by atoms with Gasteiger partial charge in [0.05, 0.1) is 19.0 Å². The SMILES string of the molecule is CSCCC(NC(=O)C(N)CS)C(=O)NC(Cc1cnc[nH]1)C(=O)NC(CO)C(=O)O. The number of carbonyl (C=O) groups excluding carboxylic acids is 3. The van der Waals surface area contributed by atoms with Crippen molar-refractivity contribution < 1.29 is 29.4 Å². The molecule has 0 aliphatic heterocycles. The lowest BCUT2D eigenvalue weighted by molar-refractivity contribution is -0.143. The van der Waals surface area contributed by atoms with Gasteiger partial charge in [-0.1, -0.05) is 0 Å². The van der Waals surface area contributed by atoms with Gasteiger partial charge < -0.3 is 36.9 Å². The summed E-state index contributed by atoms with van der Waals surface area (Å²) in [6.45, 7) is -0.820. The number of hydrogen-bond donors (Lipinski definition) is 8. The second kappa shape index (κ2) is 13.9. The van der Waals surface area contributed by atoms with Crippen LogP contribution in [0.2, 0.25) is 0 Å². The Morgan fingerprint density at radius 1 is 1.16 bits per heavy atom. The van der Waals surface area contributed by atoms with E-state index < -0.39 is 54.5 Å². The molecule has 0 fully saturated rings. The lowest BCUT2D eigenvalue weighted by Crippen LogP contribution is -2.58.